The lowest BCUT2D eigenvalue weighted by atomic mass is 10.2. The van der Waals surface area contributed by atoms with Crippen molar-refractivity contribution in [1.29, 1.82) is 0 Å². The number of aromatic nitrogens is 6. The van der Waals surface area contributed by atoms with Gasteiger partial charge in [-0.1, -0.05) is 6.92 Å². The fraction of sp³-hybridized carbons (Fsp3) is 0.350. The molecular weight excluding hydrogens is 491 g/mol. The fourth-order valence-corrected chi connectivity index (χ4v) is 4.53. The van der Waals surface area contributed by atoms with E-state index in [2.05, 4.69) is 20.1 Å². The summed E-state index contributed by atoms with van der Waals surface area (Å²) in [5.74, 6) is -0.942. The molecule has 4 heterocycles. The van der Waals surface area contributed by atoms with Crippen molar-refractivity contribution in [3.63, 3.8) is 0 Å². The molecule has 0 bridgehead atoms. The van der Waals surface area contributed by atoms with Crippen molar-refractivity contribution in [3.05, 3.63) is 35.4 Å². The topological polar surface area (TPSA) is 125 Å². The van der Waals surface area contributed by atoms with Gasteiger partial charge in [-0.15, -0.1) is 0 Å². The van der Waals surface area contributed by atoms with Crippen LogP contribution in [0.3, 0.4) is 0 Å². The first-order valence-corrected chi connectivity index (χ1v) is 11.8. The van der Waals surface area contributed by atoms with Crippen LogP contribution in [-0.2, 0) is 27.9 Å². The zero-order valence-corrected chi connectivity index (χ0v) is 20.1. The Hall–Kier alpha value is -3.59. The van der Waals surface area contributed by atoms with Crippen LogP contribution in [0.1, 0.15) is 28.7 Å². The highest BCUT2D eigenvalue weighted by Gasteiger charge is 2.34. The molecule has 0 N–H and O–H groups in total. The highest BCUT2D eigenvalue weighted by atomic mass is 32.2. The predicted octanol–water partition coefficient (Wildman–Crippen LogP) is 2.43. The lowest BCUT2D eigenvalue weighted by molar-refractivity contribution is -0.141. The van der Waals surface area contributed by atoms with Gasteiger partial charge in [0.1, 0.15) is 22.8 Å². The summed E-state index contributed by atoms with van der Waals surface area (Å²) in [4.78, 5) is 30.0. The van der Waals surface area contributed by atoms with Crippen LogP contribution < -0.4 is 0 Å². The summed E-state index contributed by atoms with van der Waals surface area (Å²) in [5.41, 5.74) is -0.629. The van der Waals surface area contributed by atoms with Crippen molar-refractivity contribution in [2.75, 3.05) is 19.9 Å². The highest BCUT2D eigenvalue weighted by molar-refractivity contribution is 7.91. The number of carbonyl (C=O) groups excluding carboxylic acids is 1. The van der Waals surface area contributed by atoms with E-state index in [-0.39, 0.29) is 39.5 Å². The molecule has 4 aromatic rings. The summed E-state index contributed by atoms with van der Waals surface area (Å²) < 4.78 is 68.0. The number of imidazole rings is 1. The molecule has 0 spiro atoms. The Balaban J connectivity index is 2.11. The van der Waals surface area contributed by atoms with E-state index in [1.807, 2.05) is 0 Å². The van der Waals surface area contributed by atoms with Crippen LogP contribution >= 0.6 is 0 Å². The summed E-state index contributed by atoms with van der Waals surface area (Å²) in [6, 6.07) is 0.776. The molecule has 0 saturated heterocycles. The zero-order chi connectivity index (χ0) is 25.9. The van der Waals surface area contributed by atoms with Crippen molar-refractivity contribution in [1.82, 2.24) is 34.2 Å². The minimum absolute atomic E-state index is 0.00185. The molecule has 0 aliphatic carbocycles. The second kappa shape index (κ2) is 8.27. The number of fused-ring (bicyclic) bond motifs is 2. The van der Waals surface area contributed by atoms with Crippen LogP contribution in [0, 0.1) is 6.92 Å². The molecule has 0 unspecified atom stereocenters. The zero-order valence-electron chi connectivity index (χ0n) is 19.2. The van der Waals surface area contributed by atoms with Gasteiger partial charge in [0.25, 0.3) is 5.91 Å². The van der Waals surface area contributed by atoms with Gasteiger partial charge in [0, 0.05) is 20.3 Å². The van der Waals surface area contributed by atoms with Crippen LogP contribution in [-0.4, -0.2) is 68.4 Å². The lowest BCUT2D eigenvalue weighted by Gasteiger charge is -2.15. The summed E-state index contributed by atoms with van der Waals surface area (Å²) in [6.45, 7) is 3.01. The fourth-order valence-electron chi connectivity index (χ4n) is 3.56. The smallest absolute Gasteiger partial charge is 0.326 e. The summed E-state index contributed by atoms with van der Waals surface area (Å²) in [5, 5.41) is 4.75. The summed E-state index contributed by atoms with van der Waals surface area (Å²) in [7, 11) is 0.183. The molecule has 0 aliphatic heterocycles. The minimum atomic E-state index is -4.69. The molecule has 0 aromatic carbocycles. The molecule has 35 heavy (non-hydrogen) atoms. The van der Waals surface area contributed by atoms with Gasteiger partial charge in [-0.2, -0.15) is 18.3 Å². The van der Waals surface area contributed by atoms with E-state index < -0.39 is 32.6 Å². The van der Waals surface area contributed by atoms with E-state index in [1.54, 1.807) is 6.92 Å². The number of hydrogen-bond donors (Lipinski definition) is 0. The summed E-state index contributed by atoms with van der Waals surface area (Å²) in [6.07, 6.45) is -2.31. The highest BCUT2D eigenvalue weighted by Crippen LogP contribution is 2.35. The molecule has 4 rings (SSSR count). The first kappa shape index (κ1) is 24.5. The van der Waals surface area contributed by atoms with Gasteiger partial charge >= 0.3 is 6.18 Å². The molecule has 186 valence electrons. The first-order chi connectivity index (χ1) is 16.3. The molecule has 1 amide bonds. The third-order valence-electron chi connectivity index (χ3n) is 5.51. The first-order valence-electron chi connectivity index (χ1n) is 10.1. The van der Waals surface area contributed by atoms with Gasteiger partial charge < -0.3 is 4.57 Å². The number of rotatable bonds is 5. The maximum atomic E-state index is 13.2. The van der Waals surface area contributed by atoms with Gasteiger partial charge in [0.15, 0.2) is 20.5 Å². The molecular formula is C20H20F3N7O4S. The third-order valence-corrected chi connectivity index (χ3v) is 7.15. The van der Waals surface area contributed by atoms with E-state index in [1.165, 1.54) is 38.9 Å². The number of halogens is 3. The number of alkyl halides is 3. The molecule has 11 nitrogen and oxygen atoms in total. The second-order valence-corrected chi connectivity index (χ2v) is 9.84. The van der Waals surface area contributed by atoms with Gasteiger partial charge in [0.2, 0.25) is 0 Å². The van der Waals surface area contributed by atoms with Gasteiger partial charge in [-0.3, -0.25) is 9.63 Å². The van der Waals surface area contributed by atoms with E-state index in [4.69, 9.17) is 4.84 Å². The van der Waals surface area contributed by atoms with E-state index in [0.717, 1.165) is 21.8 Å². The van der Waals surface area contributed by atoms with Crippen LogP contribution in [0.15, 0.2) is 23.5 Å². The Kier molecular flexibility index (Phi) is 5.79. The van der Waals surface area contributed by atoms with Crippen LogP contribution in [0.25, 0.3) is 28.1 Å². The normalized spacial score (nSPS) is 12.6. The lowest BCUT2D eigenvalue weighted by Crippen LogP contribution is -2.28. The molecule has 0 aliphatic rings. The van der Waals surface area contributed by atoms with Crippen molar-refractivity contribution in [2.24, 2.45) is 7.05 Å². The molecule has 0 fully saturated rings. The van der Waals surface area contributed by atoms with Crippen molar-refractivity contribution >= 4 is 32.4 Å². The molecule has 0 atom stereocenters. The quantitative estimate of drug-likeness (QED) is 0.374. The van der Waals surface area contributed by atoms with Crippen LogP contribution in [0.5, 0.6) is 0 Å². The van der Waals surface area contributed by atoms with E-state index in [9.17, 15) is 26.4 Å². The molecule has 4 aromatic heterocycles. The van der Waals surface area contributed by atoms with E-state index >= 15 is 0 Å². The van der Waals surface area contributed by atoms with Crippen molar-refractivity contribution < 1.29 is 31.2 Å². The number of aryl methyl sites for hydroxylation is 2. The number of pyridine rings is 1. The Morgan fingerprint density at radius 1 is 1.23 bits per heavy atom. The number of amides is 1. The van der Waals surface area contributed by atoms with Gasteiger partial charge in [-0.25, -0.2) is 32.9 Å². The Morgan fingerprint density at radius 2 is 1.91 bits per heavy atom. The second-order valence-electron chi connectivity index (χ2n) is 7.64. The maximum Gasteiger partial charge on any atom is 0.433 e. The van der Waals surface area contributed by atoms with Gasteiger partial charge in [0.05, 0.1) is 30.1 Å². The number of carbonyl (C=O) groups is 1. The Labute approximate surface area is 197 Å². The minimum Gasteiger partial charge on any atom is -0.326 e. The third kappa shape index (κ3) is 3.89. The van der Waals surface area contributed by atoms with Crippen LogP contribution in [0.2, 0.25) is 0 Å². The number of sulfone groups is 1. The largest absolute Gasteiger partial charge is 0.433 e. The number of nitrogens with zero attached hydrogens (tertiary/aromatic N) is 7. The molecule has 0 saturated carbocycles. The molecule has 0 radical (unpaired) electrons. The van der Waals surface area contributed by atoms with Crippen molar-refractivity contribution in [3.8, 4) is 11.4 Å². The van der Waals surface area contributed by atoms with Gasteiger partial charge in [-0.05, 0) is 18.6 Å². The monoisotopic (exact) mass is 511 g/mol. The summed E-state index contributed by atoms with van der Waals surface area (Å²) >= 11 is 0. The Morgan fingerprint density at radius 3 is 2.51 bits per heavy atom. The standard InChI is InChI=1S/C20H20F3N7O4S/c1-6-35(32,33)18-14(16-25-8-10(2)15(30(16)27-18)19(31)29(4)34-5)17-26-11-7-13(20(21,22)23)24-9-12(11)28(17)3/h7-9H,6H2,1-5H3. The predicted molar refractivity (Wildman–Crippen MR) is 117 cm³/mol. The number of hydrogen-bond acceptors (Lipinski definition) is 8. The molecule has 15 heteroatoms. The number of hydroxylamine groups is 2. The Bertz CT molecular complexity index is 1590. The average Bonchev–Trinajstić information content (AvgIpc) is 3.35. The van der Waals surface area contributed by atoms with Crippen LogP contribution in [0.4, 0.5) is 13.2 Å². The van der Waals surface area contributed by atoms with E-state index in [0.29, 0.717) is 5.56 Å². The SMILES string of the molecule is CCS(=O)(=O)c1nn2c(C(=O)N(C)OC)c(C)cnc2c1-c1nc2cc(C(F)(F)F)ncc2n1C. The average molecular weight is 511 g/mol. The van der Waals surface area contributed by atoms with Crippen molar-refractivity contribution in [2.45, 2.75) is 25.0 Å². The maximum absolute atomic E-state index is 13.2.